The third kappa shape index (κ3) is 4.88. The quantitative estimate of drug-likeness (QED) is 0.284. The van der Waals surface area contributed by atoms with Crippen LogP contribution in [0.5, 0.6) is 5.75 Å². The van der Waals surface area contributed by atoms with Gasteiger partial charge >= 0.3 is 6.09 Å². The number of benzene rings is 2. The molecule has 6 rings (SSSR count). The summed E-state index contributed by atoms with van der Waals surface area (Å²) in [5.74, 6) is 1.34. The van der Waals surface area contributed by atoms with Gasteiger partial charge in [0, 0.05) is 41.1 Å². The average Bonchev–Trinajstić information content (AvgIpc) is 3.52. The van der Waals surface area contributed by atoms with Gasteiger partial charge in [0.15, 0.2) is 0 Å². The van der Waals surface area contributed by atoms with Crippen LogP contribution in [0.25, 0.3) is 22.2 Å². The molecule has 8 nitrogen and oxygen atoms in total. The number of amides is 1. The lowest BCUT2D eigenvalue weighted by molar-refractivity contribution is 0.108. The van der Waals surface area contributed by atoms with E-state index in [1.807, 2.05) is 48.0 Å². The van der Waals surface area contributed by atoms with Gasteiger partial charge < -0.3 is 24.3 Å². The van der Waals surface area contributed by atoms with Crippen LogP contribution in [-0.4, -0.2) is 32.9 Å². The highest BCUT2D eigenvalue weighted by Crippen LogP contribution is 2.45. The summed E-state index contributed by atoms with van der Waals surface area (Å²) in [5, 5.41) is 3.88. The Kier molecular flexibility index (Phi) is 6.24. The number of nitrogens with one attached hydrogen (secondary N) is 1. The van der Waals surface area contributed by atoms with E-state index in [0.29, 0.717) is 24.3 Å². The Morgan fingerprint density at radius 2 is 1.97 bits per heavy atom. The third-order valence-electron chi connectivity index (χ3n) is 7.62. The number of hydrogen-bond acceptors (Lipinski definition) is 5. The maximum atomic E-state index is 12.3. The van der Waals surface area contributed by atoms with Crippen molar-refractivity contribution in [3.63, 3.8) is 0 Å². The molecule has 2 heterocycles. The lowest BCUT2D eigenvalue weighted by Gasteiger charge is -2.30. The van der Waals surface area contributed by atoms with E-state index in [1.54, 1.807) is 12.5 Å². The first kappa shape index (κ1) is 23.5. The lowest BCUT2D eigenvalue weighted by Crippen LogP contribution is -2.21. The number of nitrogens with two attached hydrogens (primary N) is 1. The smallest absolute Gasteiger partial charge is 0.411 e. The van der Waals surface area contributed by atoms with E-state index in [1.165, 1.54) is 6.42 Å². The zero-order valence-electron chi connectivity index (χ0n) is 21.1. The van der Waals surface area contributed by atoms with Crippen LogP contribution >= 0.6 is 0 Å². The fraction of sp³-hybridized carbons (Fsp3) is 0.379. The summed E-state index contributed by atoms with van der Waals surface area (Å²) >= 11 is 0. The maximum absolute atomic E-state index is 12.3. The molecule has 2 aliphatic carbocycles. The number of nitrogens with zero attached hydrogens (tertiary/aromatic N) is 3. The molecule has 0 radical (unpaired) electrons. The second-order valence-electron chi connectivity index (χ2n) is 10.2. The molecule has 0 unspecified atom stereocenters. The van der Waals surface area contributed by atoms with Crippen molar-refractivity contribution in [3.8, 4) is 17.0 Å². The van der Waals surface area contributed by atoms with Crippen molar-refractivity contribution in [3.05, 3.63) is 61.2 Å². The van der Waals surface area contributed by atoms with Crippen molar-refractivity contribution in [1.29, 1.82) is 0 Å². The normalized spacial score (nSPS) is 16.4. The number of carbonyl (C=O) groups is 1. The van der Waals surface area contributed by atoms with Crippen LogP contribution in [0.1, 0.15) is 45.1 Å². The number of aromatic nitrogens is 3. The van der Waals surface area contributed by atoms with E-state index >= 15 is 0 Å². The fourth-order valence-corrected chi connectivity index (χ4v) is 5.10. The Hall–Kier alpha value is -3.94. The lowest BCUT2D eigenvalue weighted by atomic mass is 9.92. The van der Waals surface area contributed by atoms with Gasteiger partial charge in [0.2, 0.25) is 0 Å². The fourth-order valence-electron chi connectivity index (χ4n) is 5.10. The van der Waals surface area contributed by atoms with Crippen molar-refractivity contribution in [1.82, 2.24) is 14.1 Å². The molecule has 0 bridgehead atoms. The summed E-state index contributed by atoms with van der Waals surface area (Å²) in [7, 11) is 0. The van der Waals surface area contributed by atoms with E-state index in [9.17, 15) is 4.79 Å². The van der Waals surface area contributed by atoms with Crippen molar-refractivity contribution in [2.75, 3.05) is 17.7 Å². The molecule has 3 N–H and O–H groups in total. The molecule has 0 spiro atoms. The number of fused-ring (bicyclic) bond motifs is 1. The predicted octanol–water partition coefficient (Wildman–Crippen LogP) is 6.24. The summed E-state index contributed by atoms with van der Waals surface area (Å²) in [4.78, 5) is 16.4. The van der Waals surface area contributed by atoms with Gasteiger partial charge in [-0.2, -0.15) is 0 Å². The Labute approximate surface area is 216 Å². The standard InChI is InChI=1S/C29H33N5O3/c1-19(20-5-6-20)37-29(35)32-22-9-7-21(8-10-22)28-27(30)25-12-11-24(36-16-15-33-14-13-31-18-33)17-26(25)34(28)23-3-2-4-23/h7-14,17-20,23H,2-6,15-16,30H2,1H3,(H,32,35)/t19-/m1/s1. The van der Waals surface area contributed by atoms with Gasteiger partial charge in [-0.25, -0.2) is 9.78 Å². The Balaban J connectivity index is 1.24. The van der Waals surface area contributed by atoms with Gasteiger partial charge in [-0.3, -0.25) is 5.32 Å². The van der Waals surface area contributed by atoms with Crippen LogP contribution in [0.15, 0.2) is 61.2 Å². The summed E-state index contributed by atoms with van der Waals surface area (Å²) in [6.45, 7) is 3.26. The summed E-state index contributed by atoms with van der Waals surface area (Å²) < 4.78 is 15.9. The average molecular weight is 500 g/mol. The highest BCUT2D eigenvalue weighted by Gasteiger charge is 2.31. The molecule has 8 heteroatoms. The van der Waals surface area contributed by atoms with E-state index < -0.39 is 6.09 Å². The largest absolute Gasteiger partial charge is 0.492 e. The molecule has 192 valence electrons. The Morgan fingerprint density at radius 1 is 1.16 bits per heavy atom. The number of nitrogen functional groups attached to an aromatic ring is 1. The maximum Gasteiger partial charge on any atom is 0.411 e. The van der Waals surface area contributed by atoms with E-state index in [-0.39, 0.29) is 6.10 Å². The Bertz CT molecular complexity index is 1390. The van der Waals surface area contributed by atoms with E-state index in [4.69, 9.17) is 15.2 Å². The van der Waals surface area contributed by atoms with Crippen LogP contribution in [-0.2, 0) is 11.3 Å². The van der Waals surface area contributed by atoms with Crippen molar-refractivity contribution >= 4 is 28.4 Å². The number of ether oxygens (including phenoxy) is 2. The van der Waals surface area contributed by atoms with Crippen LogP contribution in [0.2, 0.25) is 0 Å². The highest BCUT2D eigenvalue weighted by atomic mass is 16.6. The molecule has 2 aliphatic rings. The molecule has 2 aromatic carbocycles. The molecule has 1 atom stereocenters. The van der Waals surface area contributed by atoms with Crippen molar-refractivity contribution in [2.45, 2.75) is 57.7 Å². The number of rotatable bonds is 9. The van der Waals surface area contributed by atoms with Crippen LogP contribution in [0.3, 0.4) is 0 Å². The van der Waals surface area contributed by atoms with Crippen molar-refractivity contribution in [2.24, 2.45) is 5.92 Å². The Morgan fingerprint density at radius 3 is 2.65 bits per heavy atom. The predicted molar refractivity (Wildman–Crippen MR) is 145 cm³/mol. The van der Waals surface area contributed by atoms with E-state index in [0.717, 1.165) is 65.8 Å². The first-order chi connectivity index (χ1) is 18.1. The van der Waals surface area contributed by atoms with Gasteiger partial charge in [0.1, 0.15) is 18.5 Å². The van der Waals surface area contributed by atoms with Gasteiger partial charge in [0.25, 0.3) is 0 Å². The second kappa shape index (κ2) is 9.84. The highest BCUT2D eigenvalue weighted by molar-refractivity contribution is 6.01. The topological polar surface area (TPSA) is 96.3 Å². The molecule has 4 aromatic rings. The molecular weight excluding hydrogens is 466 g/mol. The molecule has 2 saturated carbocycles. The van der Waals surface area contributed by atoms with Gasteiger partial charge in [0.05, 0.1) is 29.8 Å². The van der Waals surface area contributed by atoms with E-state index in [2.05, 4.69) is 27.0 Å². The molecular formula is C29H33N5O3. The minimum absolute atomic E-state index is 0.0444. The van der Waals surface area contributed by atoms with Gasteiger partial charge in [-0.05, 0) is 69.2 Å². The van der Waals surface area contributed by atoms with Gasteiger partial charge in [-0.15, -0.1) is 0 Å². The number of imidazole rings is 1. The van der Waals surface area contributed by atoms with Crippen LogP contribution in [0.4, 0.5) is 16.2 Å². The van der Waals surface area contributed by atoms with Crippen LogP contribution in [0, 0.1) is 5.92 Å². The zero-order chi connectivity index (χ0) is 25.4. The molecule has 2 fully saturated rings. The van der Waals surface area contributed by atoms with Gasteiger partial charge in [-0.1, -0.05) is 12.1 Å². The summed E-state index contributed by atoms with van der Waals surface area (Å²) in [6, 6.07) is 14.4. The molecule has 2 aromatic heterocycles. The summed E-state index contributed by atoms with van der Waals surface area (Å²) in [5.41, 5.74) is 11.4. The number of hydrogen-bond donors (Lipinski definition) is 2. The zero-order valence-corrected chi connectivity index (χ0v) is 21.1. The molecule has 0 saturated heterocycles. The number of carbonyl (C=O) groups excluding carboxylic acids is 1. The number of anilines is 2. The molecule has 1 amide bonds. The monoisotopic (exact) mass is 499 g/mol. The first-order valence-electron chi connectivity index (χ1n) is 13.2. The SMILES string of the molecule is C[C@@H](OC(=O)Nc1ccc(-c2c(N)c3ccc(OCCn4ccnc4)cc3n2C2CCC2)cc1)C1CC1. The third-order valence-corrected chi connectivity index (χ3v) is 7.62. The minimum atomic E-state index is -0.407. The summed E-state index contributed by atoms with van der Waals surface area (Å²) in [6.07, 6.45) is 10.8. The second-order valence-corrected chi connectivity index (χ2v) is 10.2. The minimum Gasteiger partial charge on any atom is -0.492 e. The molecule has 0 aliphatic heterocycles. The van der Waals surface area contributed by atoms with Crippen LogP contribution < -0.4 is 15.8 Å². The van der Waals surface area contributed by atoms with Crippen molar-refractivity contribution < 1.29 is 14.3 Å². The first-order valence-corrected chi connectivity index (χ1v) is 13.2. The molecule has 37 heavy (non-hydrogen) atoms.